The van der Waals surface area contributed by atoms with Gasteiger partial charge >= 0.3 is 12.1 Å². The van der Waals surface area contributed by atoms with Gasteiger partial charge < -0.3 is 20.1 Å². The van der Waals surface area contributed by atoms with Crippen molar-refractivity contribution in [3.8, 4) is 11.1 Å². The van der Waals surface area contributed by atoms with Crippen LogP contribution in [0.25, 0.3) is 11.1 Å². The second-order valence-corrected chi connectivity index (χ2v) is 11.0. The number of aliphatic carboxylic acids is 1. The zero-order chi connectivity index (χ0) is 24.8. The third-order valence-electron chi connectivity index (χ3n) is 7.88. The van der Waals surface area contributed by atoms with Gasteiger partial charge in [0.05, 0.1) is 5.92 Å². The van der Waals surface area contributed by atoms with Crippen molar-refractivity contribution >= 4 is 18.0 Å². The molecule has 1 aliphatic heterocycles. The number of fused-ring (bicyclic) bond motifs is 3. The fourth-order valence-corrected chi connectivity index (χ4v) is 5.71. The van der Waals surface area contributed by atoms with Crippen LogP contribution in [0.4, 0.5) is 4.79 Å². The van der Waals surface area contributed by atoms with Crippen molar-refractivity contribution in [1.29, 1.82) is 0 Å². The Labute approximate surface area is 205 Å². The van der Waals surface area contributed by atoms with Gasteiger partial charge in [-0.2, -0.15) is 0 Å². The zero-order valence-corrected chi connectivity index (χ0v) is 20.3. The predicted octanol–water partition coefficient (Wildman–Crippen LogP) is 4.26. The highest BCUT2D eigenvalue weighted by atomic mass is 16.5. The number of hydrogen-bond donors (Lipinski definition) is 2. The standard InChI is InChI=1S/C28H32N2O5/c1-27(2,13-24(31)30-14-23(25(32)33)28(17-30)11-12-28)16-29-26(34)35-15-22-20-9-5-3-7-18(20)19-8-4-6-10-21(19)22/h3-10,22-23H,11-17H2,1-2H3,(H,29,34)(H,32,33). The van der Waals surface area contributed by atoms with Crippen LogP contribution in [0, 0.1) is 16.7 Å². The number of amides is 2. The highest BCUT2D eigenvalue weighted by Crippen LogP contribution is 2.56. The summed E-state index contributed by atoms with van der Waals surface area (Å²) in [5.41, 5.74) is 3.97. The van der Waals surface area contributed by atoms with E-state index in [-0.39, 0.29) is 43.4 Å². The van der Waals surface area contributed by atoms with Crippen LogP contribution in [0.2, 0.25) is 0 Å². The Kier molecular flexibility index (Phi) is 5.82. The van der Waals surface area contributed by atoms with Crippen LogP contribution in [0.15, 0.2) is 48.5 Å². The molecule has 2 aromatic carbocycles. The van der Waals surface area contributed by atoms with Gasteiger partial charge in [0.1, 0.15) is 6.61 Å². The molecule has 2 aromatic rings. The first kappa shape index (κ1) is 23.4. The van der Waals surface area contributed by atoms with Crippen molar-refractivity contribution < 1.29 is 24.2 Å². The Hall–Kier alpha value is -3.35. The van der Waals surface area contributed by atoms with Crippen molar-refractivity contribution in [1.82, 2.24) is 10.2 Å². The maximum Gasteiger partial charge on any atom is 0.407 e. The van der Waals surface area contributed by atoms with E-state index in [1.54, 1.807) is 4.90 Å². The minimum atomic E-state index is -0.811. The fraction of sp³-hybridized carbons (Fsp3) is 0.464. The summed E-state index contributed by atoms with van der Waals surface area (Å²) in [6.45, 7) is 5.18. The number of alkyl carbamates (subject to hydrolysis) is 1. The largest absolute Gasteiger partial charge is 0.481 e. The Morgan fingerprint density at radius 2 is 1.66 bits per heavy atom. The Balaban J connectivity index is 1.13. The van der Waals surface area contributed by atoms with E-state index in [2.05, 4.69) is 29.6 Å². The number of carboxylic acid groups (broad SMARTS) is 1. The highest BCUT2D eigenvalue weighted by molar-refractivity contribution is 5.81. The van der Waals surface area contributed by atoms with E-state index in [4.69, 9.17) is 4.74 Å². The third-order valence-corrected chi connectivity index (χ3v) is 7.88. The summed E-state index contributed by atoms with van der Waals surface area (Å²) < 4.78 is 5.61. The molecule has 0 aromatic heterocycles. The van der Waals surface area contributed by atoms with Crippen molar-refractivity contribution in [2.75, 3.05) is 26.2 Å². The molecule has 1 unspecified atom stereocenters. The Morgan fingerprint density at radius 3 is 2.20 bits per heavy atom. The van der Waals surface area contributed by atoms with E-state index < -0.39 is 23.4 Å². The molecule has 7 nitrogen and oxygen atoms in total. The minimum Gasteiger partial charge on any atom is -0.481 e. The van der Waals surface area contributed by atoms with Crippen molar-refractivity contribution in [3.63, 3.8) is 0 Å². The molecule has 2 amide bonds. The molecule has 3 aliphatic rings. The lowest BCUT2D eigenvalue weighted by atomic mass is 9.88. The first-order chi connectivity index (χ1) is 16.7. The summed E-state index contributed by atoms with van der Waals surface area (Å²) in [6.07, 6.45) is 1.48. The molecule has 2 aliphatic carbocycles. The van der Waals surface area contributed by atoms with Crippen LogP contribution in [0.5, 0.6) is 0 Å². The van der Waals surface area contributed by atoms with E-state index in [1.807, 2.05) is 38.1 Å². The Morgan fingerprint density at radius 1 is 1.06 bits per heavy atom. The molecule has 0 bridgehead atoms. The average molecular weight is 477 g/mol. The van der Waals surface area contributed by atoms with Gasteiger partial charge in [-0.15, -0.1) is 0 Å². The van der Waals surface area contributed by atoms with Crippen LogP contribution in [0.3, 0.4) is 0 Å². The van der Waals surface area contributed by atoms with Crippen LogP contribution < -0.4 is 5.32 Å². The third kappa shape index (κ3) is 4.51. The number of benzene rings is 2. The topological polar surface area (TPSA) is 95.9 Å². The van der Waals surface area contributed by atoms with Crippen molar-refractivity contribution in [2.45, 2.75) is 39.0 Å². The summed E-state index contributed by atoms with van der Waals surface area (Å²) in [5.74, 6) is -1.34. The summed E-state index contributed by atoms with van der Waals surface area (Å²) in [6, 6.07) is 16.4. The van der Waals surface area contributed by atoms with Gasteiger partial charge in [-0.1, -0.05) is 62.4 Å². The SMILES string of the molecule is CC(C)(CNC(=O)OCC1c2ccccc2-c2ccccc21)CC(=O)N1CC(C(=O)O)C2(CC2)C1. The lowest BCUT2D eigenvalue weighted by Crippen LogP contribution is -2.39. The molecule has 184 valence electrons. The second-order valence-electron chi connectivity index (χ2n) is 11.0. The van der Waals surface area contributed by atoms with Gasteiger partial charge in [-0.25, -0.2) is 4.79 Å². The molecule has 0 radical (unpaired) electrons. The molecule has 35 heavy (non-hydrogen) atoms. The second kappa shape index (κ2) is 8.70. The van der Waals surface area contributed by atoms with Crippen LogP contribution >= 0.6 is 0 Å². The summed E-state index contributed by atoms with van der Waals surface area (Å²) >= 11 is 0. The van der Waals surface area contributed by atoms with Crippen LogP contribution in [-0.4, -0.2) is 54.2 Å². The van der Waals surface area contributed by atoms with E-state index >= 15 is 0 Å². The van der Waals surface area contributed by atoms with Gasteiger partial charge in [0.15, 0.2) is 0 Å². The van der Waals surface area contributed by atoms with Gasteiger partial charge in [0, 0.05) is 37.4 Å². The van der Waals surface area contributed by atoms with Gasteiger partial charge in [0.25, 0.3) is 0 Å². The van der Waals surface area contributed by atoms with Crippen molar-refractivity contribution in [3.05, 3.63) is 59.7 Å². The normalized spacial score (nSPS) is 19.8. The van der Waals surface area contributed by atoms with Crippen LogP contribution in [-0.2, 0) is 14.3 Å². The number of likely N-dealkylation sites (tertiary alicyclic amines) is 1. The number of rotatable bonds is 7. The van der Waals surface area contributed by atoms with E-state index in [1.165, 1.54) is 11.1 Å². The number of carboxylic acids is 1. The maximum atomic E-state index is 12.9. The number of hydrogen-bond acceptors (Lipinski definition) is 4. The number of ether oxygens (including phenoxy) is 1. The van der Waals surface area contributed by atoms with E-state index in [0.717, 1.165) is 24.0 Å². The molecule has 1 heterocycles. The molecular formula is C28H32N2O5. The van der Waals surface area contributed by atoms with Gasteiger partial charge in [0.2, 0.25) is 5.91 Å². The smallest absolute Gasteiger partial charge is 0.407 e. The summed E-state index contributed by atoms with van der Waals surface area (Å²) in [5, 5.41) is 12.3. The number of carbonyl (C=O) groups is 3. The molecule has 2 fully saturated rings. The van der Waals surface area contributed by atoms with E-state index in [9.17, 15) is 19.5 Å². The lowest BCUT2D eigenvalue weighted by Gasteiger charge is -2.27. The van der Waals surface area contributed by atoms with Gasteiger partial charge in [-0.3, -0.25) is 9.59 Å². The number of carbonyl (C=O) groups excluding carboxylic acids is 2. The monoisotopic (exact) mass is 476 g/mol. The summed E-state index contributed by atoms with van der Waals surface area (Å²) in [7, 11) is 0. The molecule has 2 N–H and O–H groups in total. The lowest BCUT2D eigenvalue weighted by molar-refractivity contribution is -0.143. The highest BCUT2D eigenvalue weighted by Gasteiger charge is 2.58. The summed E-state index contributed by atoms with van der Waals surface area (Å²) in [4.78, 5) is 38.7. The molecule has 1 spiro atoms. The maximum absolute atomic E-state index is 12.9. The van der Waals surface area contributed by atoms with Crippen LogP contribution in [0.1, 0.15) is 50.2 Å². The average Bonchev–Trinajstić information content (AvgIpc) is 3.37. The quantitative estimate of drug-likeness (QED) is 0.622. The predicted molar refractivity (Wildman–Crippen MR) is 131 cm³/mol. The molecule has 1 saturated carbocycles. The first-order valence-electron chi connectivity index (χ1n) is 12.3. The fourth-order valence-electron chi connectivity index (χ4n) is 5.71. The number of nitrogens with one attached hydrogen (secondary N) is 1. The molecule has 5 rings (SSSR count). The molecule has 1 atom stereocenters. The van der Waals surface area contributed by atoms with Gasteiger partial charge in [-0.05, 0) is 40.5 Å². The zero-order valence-electron chi connectivity index (χ0n) is 20.3. The molecular weight excluding hydrogens is 444 g/mol. The molecule has 7 heteroatoms. The first-order valence-corrected chi connectivity index (χ1v) is 12.3. The Bertz CT molecular complexity index is 1120. The van der Waals surface area contributed by atoms with Crippen molar-refractivity contribution in [2.24, 2.45) is 16.7 Å². The number of nitrogens with zero attached hydrogens (tertiary/aromatic N) is 1. The van der Waals surface area contributed by atoms with E-state index in [0.29, 0.717) is 6.54 Å². The minimum absolute atomic E-state index is 0.00479. The molecule has 1 saturated heterocycles.